The second-order valence-electron chi connectivity index (χ2n) is 5.57. The van der Waals surface area contributed by atoms with Crippen molar-refractivity contribution in [3.63, 3.8) is 0 Å². The number of carbonyl (C=O) groups excluding carboxylic acids is 2. The maximum atomic E-state index is 12.2. The summed E-state index contributed by atoms with van der Waals surface area (Å²) in [7, 11) is 0. The van der Waals surface area contributed by atoms with Gasteiger partial charge in [0.1, 0.15) is 0 Å². The number of fused-ring (bicyclic) bond motifs is 1. The lowest BCUT2D eigenvalue weighted by Gasteiger charge is -2.14. The summed E-state index contributed by atoms with van der Waals surface area (Å²) in [5, 5.41) is 2.92. The highest BCUT2D eigenvalue weighted by Gasteiger charge is 2.34. The Morgan fingerprint density at radius 1 is 1.08 bits per heavy atom. The van der Waals surface area contributed by atoms with Gasteiger partial charge in [-0.1, -0.05) is 18.2 Å². The molecule has 7 heteroatoms. The fourth-order valence-electron chi connectivity index (χ4n) is 2.63. The van der Waals surface area contributed by atoms with E-state index in [1.807, 2.05) is 18.2 Å². The van der Waals surface area contributed by atoms with Gasteiger partial charge in [0.25, 0.3) is 11.8 Å². The van der Waals surface area contributed by atoms with Crippen molar-refractivity contribution in [3.8, 4) is 0 Å². The third-order valence-corrected chi connectivity index (χ3v) is 3.90. The zero-order valence-corrected chi connectivity index (χ0v) is 13.7. The molecular weight excluding hydrogens is 318 g/mol. The summed E-state index contributed by atoms with van der Waals surface area (Å²) in [6, 6.07) is 12.5. The standard InChI is InChI=1S/C18H19N5O2/c19-18(21-10-8-13-5-3-4-9-20-13)22-11-12-23-16(24)14-6-1-2-7-15(14)17(23)25/h1-7,9H,8,10-12H2,(H3,19,21,22). The second kappa shape index (κ2) is 7.57. The van der Waals surface area contributed by atoms with Gasteiger partial charge < -0.3 is 11.1 Å². The first-order valence-electron chi connectivity index (χ1n) is 8.06. The molecule has 0 saturated carbocycles. The molecule has 128 valence electrons. The molecule has 3 N–H and O–H groups in total. The number of carbonyl (C=O) groups is 2. The lowest BCUT2D eigenvalue weighted by Crippen LogP contribution is -2.40. The summed E-state index contributed by atoms with van der Waals surface area (Å²) >= 11 is 0. The second-order valence-corrected chi connectivity index (χ2v) is 5.57. The maximum absolute atomic E-state index is 12.2. The minimum Gasteiger partial charge on any atom is -0.370 e. The Morgan fingerprint density at radius 2 is 1.76 bits per heavy atom. The minimum atomic E-state index is -0.270. The highest BCUT2D eigenvalue weighted by atomic mass is 16.2. The van der Waals surface area contributed by atoms with E-state index in [0.29, 0.717) is 30.6 Å². The van der Waals surface area contributed by atoms with E-state index < -0.39 is 0 Å². The van der Waals surface area contributed by atoms with Crippen LogP contribution in [0.4, 0.5) is 0 Å². The number of nitrogens with zero attached hydrogens (tertiary/aromatic N) is 3. The first kappa shape index (κ1) is 16.6. The third-order valence-electron chi connectivity index (χ3n) is 3.90. The van der Waals surface area contributed by atoms with Crippen molar-refractivity contribution in [1.29, 1.82) is 0 Å². The molecule has 1 aromatic heterocycles. The number of imide groups is 1. The molecule has 0 atom stereocenters. The van der Waals surface area contributed by atoms with E-state index in [1.165, 1.54) is 4.90 Å². The Morgan fingerprint density at radius 3 is 2.40 bits per heavy atom. The van der Waals surface area contributed by atoms with Gasteiger partial charge in [-0.3, -0.25) is 24.5 Å². The molecule has 3 rings (SSSR count). The predicted molar refractivity (Wildman–Crippen MR) is 94.2 cm³/mol. The van der Waals surface area contributed by atoms with Gasteiger partial charge in [0, 0.05) is 37.9 Å². The molecule has 2 amide bonds. The number of aromatic nitrogens is 1. The average Bonchev–Trinajstić information content (AvgIpc) is 2.88. The highest BCUT2D eigenvalue weighted by molar-refractivity contribution is 6.21. The van der Waals surface area contributed by atoms with E-state index in [2.05, 4.69) is 15.3 Å². The van der Waals surface area contributed by atoms with Crippen LogP contribution in [0.25, 0.3) is 0 Å². The summed E-state index contributed by atoms with van der Waals surface area (Å²) in [4.78, 5) is 34.1. The van der Waals surface area contributed by atoms with Crippen LogP contribution in [0.15, 0.2) is 53.7 Å². The Labute approximate surface area is 145 Å². The van der Waals surface area contributed by atoms with Crippen LogP contribution < -0.4 is 11.1 Å². The number of guanidine groups is 1. The van der Waals surface area contributed by atoms with E-state index >= 15 is 0 Å². The fraction of sp³-hybridized carbons (Fsp3) is 0.222. The molecule has 25 heavy (non-hydrogen) atoms. The number of pyridine rings is 1. The fourth-order valence-corrected chi connectivity index (χ4v) is 2.63. The van der Waals surface area contributed by atoms with Crippen LogP contribution in [0, 0.1) is 0 Å². The van der Waals surface area contributed by atoms with Gasteiger partial charge in [0.15, 0.2) is 5.96 Å². The van der Waals surface area contributed by atoms with E-state index in [1.54, 1.807) is 30.5 Å². The first-order valence-corrected chi connectivity index (χ1v) is 8.06. The van der Waals surface area contributed by atoms with Crippen LogP contribution >= 0.6 is 0 Å². The maximum Gasteiger partial charge on any atom is 0.261 e. The molecule has 0 fully saturated rings. The molecule has 0 bridgehead atoms. The average molecular weight is 337 g/mol. The summed E-state index contributed by atoms with van der Waals surface area (Å²) in [5.41, 5.74) is 7.65. The third kappa shape index (κ3) is 3.82. The molecule has 1 aliphatic rings. The van der Waals surface area contributed by atoms with E-state index in [9.17, 15) is 9.59 Å². The van der Waals surface area contributed by atoms with Crippen LogP contribution in [-0.2, 0) is 6.42 Å². The zero-order chi connectivity index (χ0) is 17.6. The minimum absolute atomic E-state index is 0.239. The van der Waals surface area contributed by atoms with Gasteiger partial charge in [-0.15, -0.1) is 0 Å². The Hall–Kier alpha value is -3.22. The Balaban J connectivity index is 1.46. The molecule has 1 aromatic carbocycles. The number of nitrogens with one attached hydrogen (secondary N) is 1. The predicted octanol–water partition coefficient (Wildman–Crippen LogP) is 0.825. The van der Waals surface area contributed by atoms with Gasteiger partial charge in [-0.05, 0) is 24.3 Å². The zero-order valence-electron chi connectivity index (χ0n) is 13.7. The van der Waals surface area contributed by atoms with Gasteiger partial charge in [0.05, 0.1) is 11.1 Å². The smallest absolute Gasteiger partial charge is 0.261 e. The van der Waals surface area contributed by atoms with Crippen LogP contribution in [0.2, 0.25) is 0 Å². The van der Waals surface area contributed by atoms with Crippen LogP contribution in [0.1, 0.15) is 26.4 Å². The molecule has 0 spiro atoms. The van der Waals surface area contributed by atoms with Crippen LogP contribution in [-0.4, -0.2) is 47.3 Å². The molecular formula is C18H19N5O2. The van der Waals surface area contributed by atoms with Crippen LogP contribution in [0.5, 0.6) is 0 Å². The van der Waals surface area contributed by atoms with Gasteiger partial charge in [-0.25, -0.2) is 0 Å². The summed E-state index contributed by atoms with van der Waals surface area (Å²) in [6.45, 7) is 1.11. The SMILES string of the molecule is NC(=NCCc1ccccn1)NCCN1C(=O)c2ccccc2C1=O. The normalized spacial score (nSPS) is 13.9. The topological polar surface area (TPSA) is 101 Å². The van der Waals surface area contributed by atoms with Crippen molar-refractivity contribution in [2.75, 3.05) is 19.6 Å². The van der Waals surface area contributed by atoms with E-state index in [-0.39, 0.29) is 24.3 Å². The van der Waals surface area contributed by atoms with Crippen molar-refractivity contribution >= 4 is 17.8 Å². The Kier molecular flexibility index (Phi) is 5.03. The van der Waals surface area contributed by atoms with Crippen molar-refractivity contribution in [1.82, 2.24) is 15.2 Å². The van der Waals surface area contributed by atoms with Gasteiger partial charge >= 0.3 is 0 Å². The van der Waals surface area contributed by atoms with E-state index in [0.717, 1.165) is 5.69 Å². The number of hydrogen-bond acceptors (Lipinski definition) is 4. The van der Waals surface area contributed by atoms with Crippen molar-refractivity contribution < 1.29 is 9.59 Å². The number of rotatable bonds is 6. The molecule has 0 unspecified atom stereocenters. The Bertz CT molecular complexity index is 769. The quantitative estimate of drug-likeness (QED) is 0.462. The van der Waals surface area contributed by atoms with Gasteiger partial charge in [0.2, 0.25) is 0 Å². The molecule has 7 nitrogen and oxygen atoms in total. The van der Waals surface area contributed by atoms with Gasteiger partial charge in [-0.2, -0.15) is 0 Å². The highest BCUT2D eigenvalue weighted by Crippen LogP contribution is 2.21. The number of nitrogens with two attached hydrogens (primary N) is 1. The largest absolute Gasteiger partial charge is 0.370 e. The molecule has 0 aliphatic carbocycles. The van der Waals surface area contributed by atoms with Crippen molar-refractivity contribution in [3.05, 3.63) is 65.5 Å². The number of aliphatic imine (C=N–C) groups is 1. The lowest BCUT2D eigenvalue weighted by atomic mass is 10.1. The molecule has 0 radical (unpaired) electrons. The summed E-state index contributed by atoms with van der Waals surface area (Å²) in [6.07, 6.45) is 2.43. The van der Waals surface area contributed by atoms with E-state index in [4.69, 9.17) is 5.73 Å². The lowest BCUT2D eigenvalue weighted by molar-refractivity contribution is 0.0657. The van der Waals surface area contributed by atoms with Crippen LogP contribution in [0.3, 0.4) is 0 Å². The summed E-state index contributed by atoms with van der Waals surface area (Å²) in [5.74, 6) is -0.256. The molecule has 2 aromatic rings. The monoisotopic (exact) mass is 337 g/mol. The number of amides is 2. The number of benzene rings is 1. The first-order chi connectivity index (χ1) is 12.2. The summed E-state index contributed by atoms with van der Waals surface area (Å²) < 4.78 is 0. The molecule has 1 aliphatic heterocycles. The molecule has 0 saturated heterocycles. The van der Waals surface area contributed by atoms with Crippen molar-refractivity contribution in [2.24, 2.45) is 10.7 Å². The number of hydrogen-bond donors (Lipinski definition) is 2. The van der Waals surface area contributed by atoms with Crippen molar-refractivity contribution in [2.45, 2.75) is 6.42 Å². The molecule has 2 heterocycles.